The molecule has 0 unspecified atom stereocenters. The highest BCUT2D eigenvalue weighted by Crippen LogP contribution is 2.28. The molecular weight excluding hydrogens is 261 g/mol. The molecule has 0 aliphatic heterocycles. The molecule has 0 saturated heterocycles. The van der Waals surface area contributed by atoms with Crippen molar-refractivity contribution in [3.05, 3.63) is 33.3 Å². The third kappa shape index (κ3) is 1.92. The normalized spacial score (nSPS) is 9.50. The minimum Gasteiger partial charge on any atom is -0.192 e. The summed E-state index contributed by atoms with van der Waals surface area (Å²) in [5.41, 5.74) is 1.36. The van der Waals surface area contributed by atoms with Crippen LogP contribution in [0.15, 0.2) is 12.1 Å². The van der Waals surface area contributed by atoms with E-state index in [1.54, 1.807) is 12.1 Å². The SMILES string of the molecule is N#Cc1cc(Cl)c(Cl)c(CBr)c1. The Morgan fingerprint density at radius 3 is 2.58 bits per heavy atom. The van der Waals surface area contributed by atoms with Crippen LogP contribution in [0.4, 0.5) is 0 Å². The van der Waals surface area contributed by atoms with E-state index >= 15 is 0 Å². The number of hydrogen-bond acceptors (Lipinski definition) is 1. The lowest BCUT2D eigenvalue weighted by molar-refractivity contribution is 1.40. The zero-order chi connectivity index (χ0) is 9.14. The average Bonchev–Trinajstić information content (AvgIpc) is 2.09. The van der Waals surface area contributed by atoms with Gasteiger partial charge in [-0.25, -0.2) is 0 Å². The largest absolute Gasteiger partial charge is 0.192 e. The zero-order valence-electron chi connectivity index (χ0n) is 5.94. The second-order valence-electron chi connectivity index (χ2n) is 2.18. The molecule has 0 saturated carbocycles. The monoisotopic (exact) mass is 263 g/mol. The Kier molecular flexibility index (Phi) is 3.39. The predicted octanol–water partition coefficient (Wildman–Crippen LogP) is 3.76. The van der Waals surface area contributed by atoms with Crippen LogP contribution in [0.25, 0.3) is 0 Å². The second kappa shape index (κ2) is 4.13. The summed E-state index contributed by atoms with van der Waals surface area (Å²) in [5, 5.41) is 10.1. The van der Waals surface area contributed by atoms with E-state index in [4.69, 9.17) is 28.5 Å². The Bertz CT molecular complexity index is 344. The Morgan fingerprint density at radius 1 is 1.42 bits per heavy atom. The first-order valence-corrected chi connectivity index (χ1v) is 5.00. The molecule has 1 nitrogen and oxygen atoms in total. The first-order chi connectivity index (χ1) is 5.69. The smallest absolute Gasteiger partial charge is 0.0992 e. The van der Waals surface area contributed by atoms with Gasteiger partial charge in [-0.3, -0.25) is 0 Å². The molecule has 1 rings (SSSR count). The predicted molar refractivity (Wildman–Crippen MR) is 53.8 cm³/mol. The summed E-state index contributed by atoms with van der Waals surface area (Å²) in [6, 6.07) is 5.27. The highest BCUT2D eigenvalue weighted by molar-refractivity contribution is 9.08. The first-order valence-electron chi connectivity index (χ1n) is 3.13. The lowest BCUT2D eigenvalue weighted by Crippen LogP contribution is -1.84. The van der Waals surface area contributed by atoms with Crippen molar-refractivity contribution >= 4 is 39.1 Å². The van der Waals surface area contributed by atoms with Gasteiger partial charge in [0.1, 0.15) is 0 Å². The third-order valence-corrected chi connectivity index (χ3v) is 2.82. The van der Waals surface area contributed by atoms with Gasteiger partial charge in [0.05, 0.1) is 21.7 Å². The van der Waals surface area contributed by atoms with Gasteiger partial charge in [-0.05, 0) is 17.7 Å². The van der Waals surface area contributed by atoms with E-state index in [9.17, 15) is 0 Å². The van der Waals surface area contributed by atoms with E-state index in [1.807, 2.05) is 6.07 Å². The third-order valence-electron chi connectivity index (χ3n) is 1.38. The minimum absolute atomic E-state index is 0.421. The van der Waals surface area contributed by atoms with Crippen molar-refractivity contribution in [3.8, 4) is 6.07 Å². The second-order valence-corrected chi connectivity index (χ2v) is 3.52. The van der Waals surface area contributed by atoms with Crippen LogP contribution >= 0.6 is 39.1 Å². The molecule has 1 aromatic carbocycles. The summed E-state index contributed by atoms with van der Waals surface area (Å²) >= 11 is 14.9. The fraction of sp³-hybridized carbons (Fsp3) is 0.125. The fourth-order valence-corrected chi connectivity index (χ4v) is 1.83. The minimum atomic E-state index is 0.421. The van der Waals surface area contributed by atoms with Gasteiger partial charge >= 0.3 is 0 Å². The van der Waals surface area contributed by atoms with Gasteiger partial charge in [0.2, 0.25) is 0 Å². The number of alkyl halides is 1. The Morgan fingerprint density at radius 2 is 2.08 bits per heavy atom. The van der Waals surface area contributed by atoms with Gasteiger partial charge in [0.15, 0.2) is 0 Å². The van der Waals surface area contributed by atoms with Crippen LogP contribution in [0.5, 0.6) is 0 Å². The van der Waals surface area contributed by atoms with Gasteiger partial charge in [-0.1, -0.05) is 39.1 Å². The number of benzene rings is 1. The summed E-state index contributed by atoms with van der Waals surface area (Å²) < 4.78 is 0. The Labute approximate surface area is 89.0 Å². The van der Waals surface area contributed by atoms with Crippen molar-refractivity contribution in [1.82, 2.24) is 0 Å². The van der Waals surface area contributed by atoms with E-state index < -0.39 is 0 Å². The van der Waals surface area contributed by atoms with Crippen molar-refractivity contribution in [3.63, 3.8) is 0 Å². The molecule has 0 aromatic heterocycles. The summed E-state index contributed by atoms with van der Waals surface area (Å²) in [4.78, 5) is 0. The number of rotatable bonds is 1. The van der Waals surface area contributed by atoms with Crippen molar-refractivity contribution in [2.24, 2.45) is 0 Å². The molecule has 0 radical (unpaired) electrons. The summed E-state index contributed by atoms with van der Waals surface area (Å²) in [5.74, 6) is 0. The lowest BCUT2D eigenvalue weighted by atomic mass is 10.1. The van der Waals surface area contributed by atoms with E-state index in [0.717, 1.165) is 5.56 Å². The molecule has 0 bridgehead atoms. The van der Waals surface area contributed by atoms with Crippen molar-refractivity contribution in [2.75, 3.05) is 0 Å². The quantitative estimate of drug-likeness (QED) is 0.709. The Hall–Kier alpha value is -0.230. The van der Waals surface area contributed by atoms with Crippen molar-refractivity contribution in [2.45, 2.75) is 5.33 Å². The van der Waals surface area contributed by atoms with Crippen molar-refractivity contribution in [1.29, 1.82) is 5.26 Å². The molecule has 0 N–H and O–H groups in total. The fourth-order valence-electron chi connectivity index (χ4n) is 0.808. The molecule has 0 fully saturated rings. The van der Waals surface area contributed by atoms with Crippen LogP contribution in [0.2, 0.25) is 10.0 Å². The highest BCUT2D eigenvalue weighted by atomic mass is 79.9. The summed E-state index contributed by atoms with van der Waals surface area (Å²) in [7, 11) is 0. The van der Waals surface area contributed by atoms with Crippen LogP contribution in [0, 0.1) is 11.3 Å². The van der Waals surface area contributed by atoms with Crippen LogP contribution < -0.4 is 0 Å². The number of nitrogens with zero attached hydrogens (tertiary/aromatic N) is 1. The molecule has 1 aromatic rings. The van der Waals surface area contributed by atoms with E-state index in [2.05, 4.69) is 15.9 Å². The van der Waals surface area contributed by atoms with Gasteiger partial charge in [-0.15, -0.1) is 0 Å². The van der Waals surface area contributed by atoms with Crippen LogP contribution in [0.1, 0.15) is 11.1 Å². The zero-order valence-corrected chi connectivity index (χ0v) is 9.04. The molecule has 0 atom stereocenters. The van der Waals surface area contributed by atoms with Gasteiger partial charge in [0, 0.05) is 5.33 Å². The Balaban J connectivity index is 3.31. The molecule has 0 aliphatic carbocycles. The summed E-state index contributed by atoms with van der Waals surface area (Å²) in [6.45, 7) is 0. The standard InChI is InChI=1S/C8H4BrCl2N/c9-3-6-1-5(4-12)2-7(10)8(6)11/h1-2H,3H2. The summed E-state index contributed by atoms with van der Waals surface area (Å²) in [6.07, 6.45) is 0. The van der Waals surface area contributed by atoms with Gasteiger partial charge in [0.25, 0.3) is 0 Å². The maximum atomic E-state index is 8.61. The average molecular weight is 265 g/mol. The molecule has 12 heavy (non-hydrogen) atoms. The number of halogens is 3. The van der Waals surface area contributed by atoms with Gasteiger partial charge in [-0.2, -0.15) is 5.26 Å². The van der Waals surface area contributed by atoms with E-state index in [1.165, 1.54) is 0 Å². The van der Waals surface area contributed by atoms with Gasteiger partial charge < -0.3 is 0 Å². The number of nitriles is 1. The maximum Gasteiger partial charge on any atom is 0.0992 e. The van der Waals surface area contributed by atoms with E-state index in [-0.39, 0.29) is 0 Å². The molecule has 0 spiro atoms. The molecule has 0 heterocycles. The molecule has 4 heteroatoms. The topological polar surface area (TPSA) is 23.8 Å². The highest BCUT2D eigenvalue weighted by Gasteiger charge is 2.05. The van der Waals surface area contributed by atoms with Crippen LogP contribution in [0.3, 0.4) is 0 Å². The van der Waals surface area contributed by atoms with Crippen LogP contribution in [-0.4, -0.2) is 0 Å². The maximum absolute atomic E-state index is 8.61. The first kappa shape index (κ1) is 9.85. The van der Waals surface area contributed by atoms with Crippen molar-refractivity contribution < 1.29 is 0 Å². The lowest BCUT2D eigenvalue weighted by Gasteiger charge is -2.02. The molecule has 0 amide bonds. The number of hydrogen-bond donors (Lipinski definition) is 0. The molecule has 0 aliphatic rings. The van der Waals surface area contributed by atoms with E-state index in [0.29, 0.717) is 20.9 Å². The van der Waals surface area contributed by atoms with Crippen LogP contribution in [-0.2, 0) is 5.33 Å². The molecular formula is C8H4BrCl2N. The molecule has 62 valence electrons.